The Morgan fingerprint density at radius 2 is 1.39 bits per heavy atom. The van der Waals surface area contributed by atoms with Crippen LogP contribution in [-0.2, 0) is 0 Å². The summed E-state index contributed by atoms with van der Waals surface area (Å²) in [6.45, 7) is 10.8. The number of anilines is 5. The number of thiazole rings is 1. The fraction of sp³-hybridized carbons (Fsp3) is 0.250. The molecule has 4 rings (SSSR count). The molecule has 5 heteroatoms. The Kier molecular flexibility index (Phi) is 7.30. The zero-order valence-corrected chi connectivity index (χ0v) is 20.6. The van der Waals surface area contributed by atoms with Gasteiger partial charge in [-0.15, -0.1) is 11.3 Å². The SMILES string of the molecule is CCN(CC)c1ccc(-c2csc(Nc3ccc(N(c4ccccc4)C(C)C)cc3)n2)cc1. The molecule has 0 aliphatic carbocycles. The Labute approximate surface area is 201 Å². The smallest absolute Gasteiger partial charge is 0.187 e. The molecular weight excluding hydrogens is 424 g/mol. The highest BCUT2D eigenvalue weighted by Gasteiger charge is 2.13. The molecule has 0 saturated heterocycles. The Morgan fingerprint density at radius 3 is 2.00 bits per heavy atom. The minimum absolute atomic E-state index is 0.362. The summed E-state index contributed by atoms with van der Waals surface area (Å²) in [6.07, 6.45) is 0. The first-order chi connectivity index (χ1) is 16.1. The van der Waals surface area contributed by atoms with Gasteiger partial charge in [0.1, 0.15) is 0 Å². The summed E-state index contributed by atoms with van der Waals surface area (Å²) in [7, 11) is 0. The van der Waals surface area contributed by atoms with Crippen LogP contribution in [0.15, 0.2) is 84.2 Å². The van der Waals surface area contributed by atoms with Crippen LogP contribution in [-0.4, -0.2) is 24.1 Å². The molecule has 170 valence electrons. The van der Waals surface area contributed by atoms with E-state index in [4.69, 9.17) is 4.98 Å². The van der Waals surface area contributed by atoms with Crippen molar-refractivity contribution in [2.24, 2.45) is 0 Å². The van der Waals surface area contributed by atoms with Gasteiger partial charge in [-0.25, -0.2) is 4.98 Å². The van der Waals surface area contributed by atoms with Gasteiger partial charge in [0.25, 0.3) is 0 Å². The summed E-state index contributed by atoms with van der Waals surface area (Å²) < 4.78 is 0. The molecule has 4 nitrogen and oxygen atoms in total. The first-order valence-electron chi connectivity index (χ1n) is 11.6. The normalized spacial score (nSPS) is 10.9. The topological polar surface area (TPSA) is 31.4 Å². The highest BCUT2D eigenvalue weighted by molar-refractivity contribution is 7.14. The summed E-state index contributed by atoms with van der Waals surface area (Å²) in [4.78, 5) is 9.49. The predicted octanol–water partition coefficient (Wildman–Crippen LogP) is 7.95. The standard InChI is InChI=1S/C28H32N4S/c1-5-31(6-2)24-16-12-22(13-17-24)27-20-33-28(30-27)29-23-14-18-26(19-15-23)32(21(3)4)25-10-8-7-9-11-25/h7-21H,5-6H2,1-4H3,(H,29,30). The molecule has 0 unspecified atom stereocenters. The van der Waals surface area contributed by atoms with E-state index in [1.807, 2.05) is 0 Å². The highest BCUT2D eigenvalue weighted by atomic mass is 32.1. The molecule has 0 spiro atoms. The van der Waals surface area contributed by atoms with Crippen molar-refractivity contribution >= 4 is 39.2 Å². The zero-order chi connectivity index (χ0) is 23.2. The van der Waals surface area contributed by atoms with Crippen LogP contribution in [0.1, 0.15) is 27.7 Å². The van der Waals surface area contributed by atoms with Crippen LogP contribution >= 0.6 is 11.3 Å². The first kappa shape index (κ1) is 22.9. The lowest BCUT2D eigenvalue weighted by molar-refractivity contribution is 0.789. The lowest BCUT2D eigenvalue weighted by Crippen LogP contribution is -2.25. The van der Waals surface area contributed by atoms with Crippen molar-refractivity contribution in [3.8, 4) is 11.3 Å². The minimum Gasteiger partial charge on any atom is -0.372 e. The molecule has 0 saturated carbocycles. The number of nitrogens with zero attached hydrogens (tertiary/aromatic N) is 3. The number of aromatic nitrogens is 1. The third-order valence-corrected chi connectivity index (χ3v) is 6.50. The van der Waals surface area contributed by atoms with Gasteiger partial charge in [-0.2, -0.15) is 0 Å². The molecule has 0 aliphatic heterocycles. The zero-order valence-electron chi connectivity index (χ0n) is 19.8. The van der Waals surface area contributed by atoms with Gasteiger partial charge in [-0.3, -0.25) is 0 Å². The average Bonchev–Trinajstić information content (AvgIpc) is 3.30. The second-order valence-electron chi connectivity index (χ2n) is 8.23. The Morgan fingerprint density at radius 1 is 0.788 bits per heavy atom. The number of para-hydroxylation sites is 1. The minimum atomic E-state index is 0.362. The first-order valence-corrected chi connectivity index (χ1v) is 12.5. The van der Waals surface area contributed by atoms with E-state index >= 15 is 0 Å². The molecule has 0 atom stereocenters. The van der Waals surface area contributed by atoms with Crippen LogP contribution in [0.25, 0.3) is 11.3 Å². The van der Waals surface area contributed by atoms with Gasteiger partial charge in [0, 0.05) is 52.8 Å². The van der Waals surface area contributed by atoms with E-state index in [-0.39, 0.29) is 0 Å². The van der Waals surface area contributed by atoms with Gasteiger partial charge in [0.2, 0.25) is 0 Å². The third-order valence-electron chi connectivity index (χ3n) is 5.74. The van der Waals surface area contributed by atoms with Gasteiger partial charge in [-0.1, -0.05) is 30.3 Å². The number of nitrogens with one attached hydrogen (secondary N) is 1. The van der Waals surface area contributed by atoms with Crippen molar-refractivity contribution in [3.63, 3.8) is 0 Å². The second kappa shape index (κ2) is 10.5. The van der Waals surface area contributed by atoms with E-state index in [2.05, 4.69) is 127 Å². The van der Waals surface area contributed by atoms with Crippen LogP contribution in [0.4, 0.5) is 27.9 Å². The highest BCUT2D eigenvalue weighted by Crippen LogP contribution is 2.31. The third kappa shape index (κ3) is 5.37. The van der Waals surface area contributed by atoms with Crippen molar-refractivity contribution in [2.75, 3.05) is 28.2 Å². The summed E-state index contributed by atoms with van der Waals surface area (Å²) >= 11 is 1.63. The largest absolute Gasteiger partial charge is 0.372 e. The van der Waals surface area contributed by atoms with Gasteiger partial charge in [0.05, 0.1) is 5.69 Å². The summed E-state index contributed by atoms with van der Waals surface area (Å²) in [5, 5.41) is 6.47. The molecule has 1 heterocycles. The van der Waals surface area contributed by atoms with Crippen LogP contribution < -0.4 is 15.1 Å². The average molecular weight is 457 g/mol. The van der Waals surface area contributed by atoms with E-state index in [1.54, 1.807) is 11.3 Å². The van der Waals surface area contributed by atoms with Crippen molar-refractivity contribution in [1.29, 1.82) is 0 Å². The number of benzene rings is 3. The maximum atomic E-state index is 4.81. The van der Waals surface area contributed by atoms with E-state index in [9.17, 15) is 0 Å². The molecule has 0 bridgehead atoms. The van der Waals surface area contributed by atoms with E-state index < -0.39 is 0 Å². The van der Waals surface area contributed by atoms with E-state index in [0.29, 0.717) is 6.04 Å². The molecule has 0 fully saturated rings. The van der Waals surface area contributed by atoms with E-state index in [0.717, 1.165) is 35.2 Å². The van der Waals surface area contributed by atoms with Gasteiger partial charge < -0.3 is 15.1 Å². The molecule has 33 heavy (non-hydrogen) atoms. The lowest BCUT2D eigenvalue weighted by Gasteiger charge is -2.29. The maximum absolute atomic E-state index is 4.81. The summed E-state index contributed by atoms with van der Waals surface area (Å²) in [5.41, 5.74) is 6.80. The van der Waals surface area contributed by atoms with Crippen LogP contribution in [0.5, 0.6) is 0 Å². The van der Waals surface area contributed by atoms with Crippen molar-refractivity contribution in [3.05, 3.63) is 84.2 Å². The van der Waals surface area contributed by atoms with Gasteiger partial charge in [-0.05, 0) is 76.2 Å². The quantitative estimate of drug-likeness (QED) is 0.277. The number of hydrogen-bond donors (Lipinski definition) is 1. The molecule has 3 aromatic carbocycles. The van der Waals surface area contributed by atoms with Crippen molar-refractivity contribution in [1.82, 2.24) is 4.98 Å². The molecular formula is C28H32N4S. The Hall–Kier alpha value is -3.31. The maximum Gasteiger partial charge on any atom is 0.187 e. The Balaban J connectivity index is 1.46. The number of rotatable bonds is 9. The lowest BCUT2D eigenvalue weighted by atomic mass is 10.1. The molecule has 0 radical (unpaired) electrons. The molecule has 0 aliphatic rings. The molecule has 1 aromatic heterocycles. The van der Waals surface area contributed by atoms with Crippen molar-refractivity contribution < 1.29 is 0 Å². The van der Waals surface area contributed by atoms with Crippen LogP contribution in [0, 0.1) is 0 Å². The fourth-order valence-corrected chi connectivity index (χ4v) is 4.80. The Bertz CT molecular complexity index is 1130. The summed E-state index contributed by atoms with van der Waals surface area (Å²) in [5.74, 6) is 0. The van der Waals surface area contributed by atoms with Crippen molar-refractivity contribution in [2.45, 2.75) is 33.7 Å². The predicted molar refractivity (Wildman–Crippen MR) is 145 cm³/mol. The second-order valence-corrected chi connectivity index (χ2v) is 9.09. The fourth-order valence-electron chi connectivity index (χ4n) is 4.06. The van der Waals surface area contributed by atoms with Gasteiger partial charge in [0.15, 0.2) is 5.13 Å². The molecule has 0 amide bonds. The van der Waals surface area contributed by atoms with E-state index in [1.165, 1.54) is 17.1 Å². The molecule has 4 aromatic rings. The van der Waals surface area contributed by atoms with Crippen LogP contribution in [0.3, 0.4) is 0 Å². The number of hydrogen-bond acceptors (Lipinski definition) is 5. The monoisotopic (exact) mass is 456 g/mol. The van der Waals surface area contributed by atoms with Crippen LogP contribution in [0.2, 0.25) is 0 Å². The van der Waals surface area contributed by atoms with Gasteiger partial charge >= 0.3 is 0 Å². The molecule has 1 N–H and O–H groups in total. The summed E-state index contributed by atoms with van der Waals surface area (Å²) in [6, 6.07) is 28.1.